The van der Waals surface area contributed by atoms with E-state index in [1.165, 1.54) is 0 Å². The third-order valence-corrected chi connectivity index (χ3v) is 1.77. The molecule has 1 heterocycles. The summed E-state index contributed by atoms with van der Waals surface area (Å²) in [7, 11) is 0. The second-order valence-electron chi connectivity index (χ2n) is 2.80. The lowest BCUT2D eigenvalue weighted by Crippen LogP contribution is -2.03. The maximum Gasteiger partial charge on any atom is 0.167 e. The van der Waals surface area contributed by atoms with Crippen LogP contribution in [0.15, 0.2) is 24.3 Å². The van der Waals surface area contributed by atoms with Gasteiger partial charge in [-0.2, -0.15) is 0 Å². The van der Waals surface area contributed by atoms with Crippen LogP contribution in [-0.2, 0) is 4.74 Å². The Labute approximate surface area is 72.1 Å². The van der Waals surface area contributed by atoms with Crippen LogP contribution in [0.25, 0.3) is 0 Å². The molecular weight excluding hydrogens is 152 g/mol. The molecule has 2 heteroatoms. The summed E-state index contributed by atoms with van der Waals surface area (Å²) in [6, 6.07) is 7.94. The number of ether oxygens (including phenoxy) is 2. The molecule has 0 amide bonds. The van der Waals surface area contributed by atoms with Crippen LogP contribution in [0.4, 0.5) is 0 Å². The van der Waals surface area contributed by atoms with E-state index >= 15 is 0 Å². The number of para-hydroxylation sites is 1. The standard InChI is InChI=1S/C10H10O2/c1-8-4-2-3-5-10(8)12-7-9-6-11-9/h2-5,9H,7H2,1H3. The van der Waals surface area contributed by atoms with Crippen LogP contribution in [-0.4, -0.2) is 12.7 Å². The van der Waals surface area contributed by atoms with Crippen LogP contribution < -0.4 is 4.74 Å². The molecule has 0 aromatic heterocycles. The first-order valence-corrected chi connectivity index (χ1v) is 3.96. The number of benzene rings is 1. The highest BCUT2D eigenvalue weighted by atomic mass is 16.6. The highest BCUT2D eigenvalue weighted by Gasteiger charge is 2.25. The molecule has 62 valence electrons. The lowest BCUT2D eigenvalue weighted by Gasteiger charge is -2.05. The van der Waals surface area contributed by atoms with Gasteiger partial charge in [-0.15, -0.1) is 0 Å². The molecule has 0 saturated carbocycles. The molecule has 1 saturated heterocycles. The van der Waals surface area contributed by atoms with Crippen LogP contribution in [0.1, 0.15) is 5.56 Å². The Balaban J connectivity index is 1.96. The van der Waals surface area contributed by atoms with E-state index in [1.54, 1.807) is 0 Å². The molecule has 1 aromatic carbocycles. The Morgan fingerprint density at radius 2 is 2.25 bits per heavy atom. The topological polar surface area (TPSA) is 21.8 Å². The lowest BCUT2D eigenvalue weighted by atomic mass is 10.2. The van der Waals surface area contributed by atoms with Gasteiger partial charge in [-0.1, -0.05) is 18.2 Å². The summed E-state index contributed by atoms with van der Waals surface area (Å²) in [5.74, 6) is 0.926. The van der Waals surface area contributed by atoms with Gasteiger partial charge in [0.05, 0.1) is 0 Å². The van der Waals surface area contributed by atoms with E-state index < -0.39 is 0 Å². The molecule has 1 aromatic rings. The van der Waals surface area contributed by atoms with Gasteiger partial charge >= 0.3 is 0 Å². The molecule has 1 atom stereocenters. The fourth-order valence-electron chi connectivity index (χ4n) is 1.000. The maximum absolute atomic E-state index is 5.47. The van der Waals surface area contributed by atoms with Crippen molar-refractivity contribution in [1.82, 2.24) is 0 Å². The zero-order chi connectivity index (χ0) is 8.39. The van der Waals surface area contributed by atoms with Crippen molar-refractivity contribution in [3.63, 3.8) is 0 Å². The first kappa shape index (κ1) is 7.62. The summed E-state index contributed by atoms with van der Waals surface area (Å²) >= 11 is 0. The van der Waals surface area contributed by atoms with E-state index in [0.717, 1.165) is 11.3 Å². The zero-order valence-corrected chi connectivity index (χ0v) is 6.91. The van der Waals surface area contributed by atoms with Crippen molar-refractivity contribution < 1.29 is 9.47 Å². The normalized spacial score (nSPS) is 20.6. The number of epoxide rings is 1. The summed E-state index contributed by atoms with van der Waals surface area (Å²) in [5.41, 5.74) is 1.15. The Morgan fingerprint density at radius 3 is 2.92 bits per heavy atom. The third-order valence-electron chi connectivity index (χ3n) is 1.77. The van der Waals surface area contributed by atoms with Gasteiger partial charge in [-0.25, -0.2) is 0 Å². The summed E-state index contributed by atoms with van der Waals surface area (Å²) in [4.78, 5) is 0. The molecular formula is C10H10O2. The quantitative estimate of drug-likeness (QED) is 0.632. The minimum Gasteiger partial charge on any atom is -0.490 e. The van der Waals surface area contributed by atoms with E-state index in [9.17, 15) is 0 Å². The second-order valence-corrected chi connectivity index (χ2v) is 2.80. The maximum atomic E-state index is 5.47. The van der Waals surface area contributed by atoms with Gasteiger partial charge in [0.2, 0.25) is 0 Å². The van der Waals surface area contributed by atoms with Crippen molar-refractivity contribution in [1.29, 1.82) is 0 Å². The van der Waals surface area contributed by atoms with Crippen LogP contribution in [0.2, 0.25) is 0 Å². The Bertz CT molecular complexity index is 266. The van der Waals surface area contributed by atoms with Crippen LogP contribution in [0.3, 0.4) is 0 Å². The van der Waals surface area contributed by atoms with Gasteiger partial charge < -0.3 is 9.47 Å². The number of aryl methyl sites for hydroxylation is 1. The van der Waals surface area contributed by atoms with Crippen molar-refractivity contribution in [2.75, 3.05) is 6.61 Å². The summed E-state index contributed by atoms with van der Waals surface area (Å²) in [6.07, 6.45) is 0.0876. The highest BCUT2D eigenvalue weighted by Crippen LogP contribution is 2.20. The van der Waals surface area contributed by atoms with E-state index in [0.29, 0.717) is 6.61 Å². The van der Waals surface area contributed by atoms with Gasteiger partial charge in [0.25, 0.3) is 0 Å². The zero-order valence-electron chi connectivity index (χ0n) is 6.91. The van der Waals surface area contributed by atoms with Crippen LogP contribution in [0.5, 0.6) is 5.75 Å². The average Bonchev–Trinajstić information content (AvgIpc) is 2.86. The Hall–Kier alpha value is -1.02. The highest BCUT2D eigenvalue weighted by molar-refractivity contribution is 5.31. The lowest BCUT2D eigenvalue weighted by molar-refractivity contribution is 0.263. The molecule has 2 radical (unpaired) electrons. The fourth-order valence-corrected chi connectivity index (χ4v) is 1.000. The fraction of sp³-hybridized carbons (Fsp3) is 0.300. The molecule has 0 spiro atoms. The molecule has 0 bridgehead atoms. The first-order valence-electron chi connectivity index (χ1n) is 3.96. The molecule has 1 fully saturated rings. The Kier molecular flexibility index (Phi) is 2.00. The van der Waals surface area contributed by atoms with Crippen LogP contribution >= 0.6 is 0 Å². The van der Waals surface area contributed by atoms with Gasteiger partial charge in [0.1, 0.15) is 18.5 Å². The van der Waals surface area contributed by atoms with Crippen molar-refractivity contribution >= 4 is 0 Å². The van der Waals surface area contributed by atoms with Crippen LogP contribution in [0, 0.1) is 13.5 Å². The smallest absolute Gasteiger partial charge is 0.167 e. The summed E-state index contributed by atoms with van der Waals surface area (Å²) in [5, 5.41) is 0. The molecule has 2 nitrogen and oxygen atoms in total. The van der Waals surface area contributed by atoms with Gasteiger partial charge in [-0.3, -0.25) is 0 Å². The first-order chi connectivity index (χ1) is 5.86. The molecule has 0 aliphatic carbocycles. The molecule has 1 aliphatic rings. The van der Waals surface area contributed by atoms with Crippen molar-refractivity contribution in [3.8, 4) is 5.75 Å². The van der Waals surface area contributed by atoms with E-state index in [-0.39, 0.29) is 6.10 Å². The van der Waals surface area contributed by atoms with Gasteiger partial charge in [-0.05, 0) is 18.6 Å². The average molecular weight is 162 g/mol. The summed E-state index contributed by atoms with van der Waals surface area (Å²) < 4.78 is 10.3. The second kappa shape index (κ2) is 3.15. The van der Waals surface area contributed by atoms with Gasteiger partial charge in [0.15, 0.2) is 6.61 Å². The minimum atomic E-state index is 0.0876. The van der Waals surface area contributed by atoms with Crippen molar-refractivity contribution in [3.05, 3.63) is 36.4 Å². The molecule has 1 aliphatic heterocycles. The predicted molar refractivity (Wildman–Crippen MR) is 44.8 cm³/mol. The number of hydrogen-bond donors (Lipinski definition) is 0. The molecule has 12 heavy (non-hydrogen) atoms. The van der Waals surface area contributed by atoms with Gasteiger partial charge in [0, 0.05) is 0 Å². The largest absolute Gasteiger partial charge is 0.490 e. The summed E-state index contributed by atoms with van der Waals surface area (Å²) in [6.45, 7) is 5.30. The Morgan fingerprint density at radius 1 is 1.50 bits per heavy atom. The van der Waals surface area contributed by atoms with E-state index in [1.807, 2.05) is 31.2 Å². The number of rotatable bonds is 3. The minimum absolute atomic E-state index is 0.0876. The molecule has 1 unspecified atom stereocenters. The van der Waals surface area contributed by atoms with E-state index in [4.69, 9.17) is 9.47 Å². The third kappa shape index (κ3) is 1.77. The molecule has 2 rings (SSSR count). The van der Waals surface area contributed by atoms with Crippen molar-refractivity contribution in [2.45, 2.75) is 13.0 Å². The predicted octanol–water partition coefficient (Wildman–Crippen LogP) is 1.81. The number of hydrogen-bond acceptors (Lipinski definition) is 2. The SMILES string of the molecule is Cc1ccccc1OCC1[C]O1. The van der Waals surface area contributed by atoms with Crippen molar-refractivity contribution in [2.24, 2.45) is 0 Å². The molecule has 0 N–H and O–H groups in total. The monoisotopic (exact) mass is 162 g/mol. The van der Waals surface area contributed by atoms with E-state index in [2.05, 4.69) is 6.61 Å².